The first-order valence-corrected chi connectivity index (χ1v) is 5.29. The summed E-state index contributed by atoms with van der Waals surface area (Å²) in [7, 11) is 0. The van der Waals surface area contributed by atoms with E-state index in [1.54, 1.807) is 0 Å². The molecule has 1 N–H and O–H groups in total. The van der Waals surface area contributed by atoms with Gasteiger partial charge in [-0.05, 0) is 18.4 Å². The average molecular weight is 219 g/mol. The molecule has 4 heteroatoms. The molecule has 4 nitrogen and oxygen atoms in total. The monoisotopic (exact) mass is 219 g/mol. The van der Waals surface area contributed by atoms with Gasteiger partial charge in [0.25, 0.3) is 0 Å². The normalized spacial score (nSPS) is 19.8. The molecule has 16 heavy (non-hydrogen) atoms. The highest BCUT2D eigenvalue weighted by Crippen LogP contribution is 2.31. The van der Waals surface area contributed by atoms with Gasteiger partial charge in [0.2, 0.25) is 0 Å². The molecular formula is C12H13NO3. The highest BCUT2D eigenvalue weighted by Gasteiger charge is 2.32. The van der Waals surface area contributed by atoms with Crippen molar-refractivity contribution in [3.63, 3.8) is 0 Å². The van der Waals surface area contributed by atoms with Crippen LogP contribution < -0.4 is 0 Å². The Bertz CT molecular complexity index is 402. The minimum absolute atomic E-state index is 0.0789. The molecule has 2 rings (SSSR count). The third-order valence-corrected chi connectivity index (χ3v) is 2.88. The van der Waals surface area contributed by atoms with Crippen LogP contribution in [0.4, 0.5) is 0 Å². The highest BCUT2D eigenvalue weighted by atomic mass is 16.4. The molecule has 1 amide bonds. The number of carboxylic acids is 1. The first kappa shape index (κ1) is 10.7. The standard InChI is InChI=1S/C12H13NO3/c14-11(12(15)16)13-8-4-7-10(13)9-5-2-1-3-6-9/h1-3,5-6,10H,4,7-8H2,(H,15,16). The number of hydrogen-bond donors (Lipinski definition) is 1. The molecule has 84 valence electrons. The van der Waals surface area contributed by atoms with Gasteiger partial charge < -0.3 is 10.0 Å². The molecule has 0 radical (unpaired) electrons. The summed E-state index contributed by atoms with van der Waals surface area (Å²) in [5.74, 6) is -2.17. The maximum atomic E-state index is 11.5. The highest BCUT2D eigenvalue weighted by molar-refractivity contribution is 6.31. The Labute approximate surface area is 93.5 Å². The van der Waals surface area contributed by atoms with E-state index in [0.29, 0.717) is 6.54 Å². The molecule has 1 atom stereocenters. The van der Waals surface area contributed by atoms with Crippen molar-refractivity contribution in [1.29, 1.82) is 0 Å². The van der Waals surface area contributed by atoms with Crippen molar-refractivity contribution in [1.82, 2.24) is 4.90 Å². The molecule has 1 fully saturated rings. The molecule has 1 aromatic carbocycles. The van der Waals surface area contributed by atoms with Crippen LogP contribution in [0.1, 0.15) is 24.4 Å². The third kappa shape index (κ3) is 1.91. The second-order valence-corrected chi connectivity index (χ2v) is 3.87. The summed E-state index contributed by atoms with van der Waals surface area (Å²) >= 11 is 0. The summed E-state index contributed by atoms with van der Waals surface area (Å²) in [6.07, 6.45) is 1.70. The lowest BCUT2D eigenvalue weighted by Crippen LogP contribution is -2.35. The van der Waals surface area contributed by atoms with Gasteiger partial charge >= 0.3 is 11.9 Å². The van der Waals surface area contributed by atoms with Gasteiger partial charge in [-0.2, -0.15) is 0 Å². The largest absolute Gasteiger partial charge is 0.474 e. The van der Waals surface area contributed by atoms with Crippen LogP contribution in [0.5, 0.6) is 0 Å². The smallest absolute Gasteiger partial charge is 0.394 e. The van der Waals surface area contributed by atoms with Crippen molar-refractivity contribution in [2.75, 3.05) is 6.54 Å². The SMILES string of the molecule is O=C(O)C(=O)N1CCCC1c1ccccc1. The summed E-state index contributed by atoms with van der Waals surface area (Å²) in [6.45, 7) is 0.532. The fourth-order valence-electron chi connectivity index (χ4n) is 2.15. The molecule has 1 saturated heterocycles. The van der Waals surface area contributed by atoms with Crippen molar-refractivity contribution in [3.05, 3.63) is 35.9 Å². The van der Waals surface area contributed by atoms with Gasteiger partial charge in [0.1, 0.15) is 0 Å². The maximum absolute atomic E-state index is 11.5. The van der Waals surface area contributed by atoms with E-state index in [1.165, 1.54) is 4.90 Å². The van der Waals surface area contributed by atoms with Crippen LogP contribution >= 0.6 is 0 Å². The Kier molecular flexibility index (Phi) is 2.90. The third-order valence-electron chi connectivity index (χ3n) is 2.88. The lowest BCUT2D eigenvalue weighted by Gasteiger charge is -2.23. The number of aliphatic carboxylic acids is 1. The van der Waals surface area contributed by atoms with Gasteiger partial charge in [-0.25, -0.2) is 4.79 Å². The molecule has 1 aliphatic heterocycles. The van der Waals surface area contributed by atoms with Crippen LogP contribution in [0, 0.1) is 0 Å². The van der Waals surface area contributed by atoms with Gasteiger partial charge in [0.05, 0.1) is 6.04 Å². The van der Waals surface area contributed by atoms with E-state index in [4.69, 9.17) is 5.11 Å². The van der Waals surface area contributed by atoms with Gasteiger partial charge in [0, 0.05) is 6.54 Å². The fraction of sp³-hybridized carbons (Fsp3) is 0.333. The Balaban J connectivity index is 2.22. The molecule has 1 aliphatic rings. The number of rotatable bonds is 1. The van der Waals surface area contributed by atoms with Crippen LogP contribution in [0.3, 0.4) is 0 Å². The summed E-state index contributed by atoms with van der Waals surface area (Å²) in [5, 5.41) is 8.72. The molecule has 0 saturated carbocycles. The van der Waals surface area contributed by atoms with Crippen LogP contribution in [0.2, 0.25) is 0 Å². The number of carbonyl (C=O) groups excluding carboxylic acids is 1. The number of carboxylic acid groups (broad SMARTS) is 1. The second-order valence-electron chi connectivity index (χ2n) is 3.87. The molecule has 0 aliphatic carbocycles. The molecule has 0 aromatic heterocycles. The summed E-state index contributed by atoms with van der Waals surface area (Å²) in [4.78, 5) is 23.6. The number of benzene rings is 1. The zero-order valence-electron chi connectivity index (χ0n) is 8.80. The van der Waals surface area contributed by atoms with Crippen LogP contribution in [-0.2, 0) is 9.59 Å². The Morgan fingerprint density at radius 3 is 2.56 bits per heavy atom. The van der Waals surface area contributed by atoms with Gasteiger partial charge in [0.15, 0.2) is 0 Å². The second kappa shape index (κ2) is 4.35. The van der Waals surface area contributed by atoms with E-state index in [2.05, 4.69) is 0 Å². The summed E-state index contributed by atoms with van der Waals surface area (Å²) < 4.78 is 0. The van der Waals surface area contributed by atoms with Crippen molar-refractivity contribution >= 4 is 11.9 Å². The summed E-state index contributed by atoms with van der Waals surface area (Å²) in [6, 6.07) is 9.48. The lowest BCUT2D eigenvalue weighted by atomic mass is 10.0. The number of hydrogen-bond acceptors (Lipinski definition) is 2. The predicted octanol–water partition coefficient (Wildman–Crippen LogP) is 1.43. The van der Waals surface area contributed by atoms with Gasteiger partial charge in [-0.3, -0.25) is 4.79 Å². The minimum Gasteiger partial charge on any atom is -0.474 e. The number of nitrogens with zero attached hydrogens (tertiary/aromatic N) is 1. The fourth-order valence-corrected chi connectivity index (χ4v) is 2.15. The number of amides is 1. The van der Waals surface area contributed by atoms with Crippen LogP contribution in [0.15, 0.2) is 30.3 Å². The van der Waals surface area contributed by atoms with Crippen molar-refractivity contribution in [2.45, 2.75) is 18.9 Å². The molecule has 1 heterocycles. The lowest BCUT2D eigenvalue weighted by molar-refractivity contribution is -0.156. The molecular weight excluding hydrogens is 206 g/mol. The van der Waals surface area contributed by atoms with E-state index < -0.39 is 11.9 Å². The van der Waals surface area contributed by atoms with Crippen LogP contribution in [-0.4, -0.2) is 28.4 Å². The topological polar surface area (TPSA) is 57.6 Å². The number of likely N-dealkylation sites (tertiary alicyclic amines) is 1. The van der Waals surface area contributed by atoms with Gasteiger partial charge in [-0.15, -0.1) is 0 Å². The average Bonchev–Trinajstić information content (AvgIpc) is 2.77. The predicted molar refractivity (Wildman–Crippen MR) is 57.8 cm³/mol. The maximum Gasteiger partial charge on any atom is 0.394 e. The summed E-state index contributed by atoms with van der Waals surface area (Å²) in [5.41, 5.74) is 1.01. The molecule has 0 bridgehead atoms. The molecule has 0 spiro atoms. The molecule has 1 aromatic rings. The van der Waals surface area contributed by atoms with Crippen molar-refractivity contribution in [3.8, 4) is 0 Å². The quantitative estimate of drug-likeness (QED) is 0.727. The van der Waals surface area contributed by atoms with Crippen molar-refractivity contribution < 1.29 is 14.7 Å². The van der Waals surface area contributed by atoms with Crippen molar-refractivity contribution in [2.24, 2.45) is 0 Å². The Morgan fingerprint density at radius 1 is 1.25 bits per heavy atom. The first-order chi connectivity index (χ1) is 7.70. The van der Waals surface area contributed by atoms with E-state index in [-0.39, 0.29) is 6.04 Å². The first-order valence-electron chi connectivity index (χ1n) is 5.29. The van der Waals surface area contributed by atoms with E-state index >= 15 is 0 Å². The van der Waals surface area contributed by atoms with E-state index in [9.17, 15) is 9.59 Å². The van der Waals surface area contributed by atoms with E-state index in [1.807, 2.05) is 30.3 Å². The zero-order valence-corrected chi connectivity index (χ0v) is 8.80. The zero-order chi connectivity index (χ0) is 11.5. The van der Waals surface area contributed by atoms with Gasteiger partial charge in [-0.1, -0.05) is 30.3 Å². The number of carbonyl (C=O) groups is 2. The Morgan fingerprint density at radius 2 is 1.94 bits per heavy atom. The molecule has 1 unspecified atom stereocenters. The Hall–Kier alpha value is -1.84. The minimum atomic E-state index is -1.37. The van der Waals surface area contributed by atoms with Crippen LogP contribution in [0.25, 0.3) is 0 Å². The van der Waals surface area contributed by atoms with E-state index in [0.717, 1.165) is 18.4 Å².